The average Bonchev–Trinajstić information content (AvgIpc) is 2.20. The van der Waals surface area contributed by atoms with Gasteiger partial charge in [-0.25, -0.2) is 9.59 Å². The molecule has 0 aromatic heterocycles. The number of aliphatic carboxylic acids is 2. The summed E-state index contributed by atoms with van der Waals surface area (Å²) in [6.45, 7) is 0. The van der Waals surface area contributed by atoms with Gasteiger partial charge in [0, 0.05) is 19.4 Å². The number of carboxylic acid groups (broad SMARTS) is 2. The molecular formula is C7H8O4. The Kier molecular flexibility index (Phi) is 0.738. The maximum absolute atomic E-state index is 10.8. The SMILES string of the molecule is [2H]C1([2H])C(C(=O)O)=C(C(=O)O)C([2H])([2H])C1([2H])[2H]. The molecule has 1 rings (SSSR count). The van der Waals surface area contributed by atoms with Crippen LogP contribution in [0.2, 0.25) is 0 Å². The smallest absolute Gasteiger partial charge is 0.332 e. The highest BCUT2D eigenvalue weighted by Crippen LogP contribution is 2.25. The molecule has 0 fully saturated rings. The third kappa shape index (κ3) is 1.39. The van der Waals surface area contributed by atoms with E-state index in [-0.39, 0.29) is 0 Å². The van der Waals surface area contributed by atoms with E-state index in [1.165, 1.54) is 0 Å². The first-order chi connectivity index (χ1) is 7.39. The van der Waals surface area contributed by atoms with Gasteiger partial charge >= 0.3 is 11.9 Å². The number of carbonyl (C=O) groups is 2. The van der Waals surface area contributed by atoms with Crippen LogP contribution in [-0.2, 0) is 9.59 Å². The highest BCUT2D eigenvalue weighted by molar-refractivity contribution is 5.99. The third-order valence-electron chi connectivity index (χ3n) is 1.05. The molecule has 0 amide bonds. The van der Waals surface area contributed by atoms with Crippen molar-refractivity contribution in [1.29, 1.82) is 0 Å². The molecule has 0 saturated heterocycles. The summed E-state index contributed by atoms with van der Waals surface area (Å²) in [5.41, 5.74) is -2.78. The largest absolute Gasteiger partial charge is 0.478 e. The standard InChI is InChI=1S/C7H8O4/c8-6(9)4-2-1-3-5(4)7(10)11/h1-3H2,(H,8,9)(H,10,11)/i1D2,2D2,3D2. The van der Waals surface area contributed by atoms with Crippen LogP contribution in [-0.4, -0.2) is 22.2 Å². The summed E-state index contributed by atoms with van der Waals surface area (Å²) in [7, 11) is 0. The zero-order valence-electron chi connectivity index (χ0n) is 11.2. The van der Waals surface area contributed by atoms with Crippen molar-refractivity contribution in [3.63, 3.8) is 0 Å². The first-order valence-electron chi connectivity index (χ1n) is 5.61. The fourth-order valence-electron chi connectivity index (χ4n) is 0.602. The Bertz CT molecular complexity index is 400. The van der Waals surface area contributed by atoms with E-state index in [4.69, 9.17) is 18.4 Å². The summed E-state index contributed by atoms with van der Waals surface area (Å²) in [4.78, 5) is 21.6. The minimum atomic E-state index is -3.28. The summed E-state index contributed by atoms with van der Waals surface area (Å²) < 4.78 is 43.8. The van der Waals surface area contributed by atoms with Gasteiger partial charge in [-0.3, -0.25) is 0 Å². The molecule has 1 aliphatic carbocycles. The van der Waals surface area contributed by atoms with Crippen molar-refractivity contribution in [1.82, 2.24) is 0 Å². The van der Waals surface area contributed by atoms with Crippen molar-refractivity contribution >= 4 is 11.9 Å². The molecule has 1 aliphatic rings. The van der Waals surface area contributed by atoms with Crippen LogP contribution in [0.3, 0.4) is 0 Å². The van der Waals surface area contributed by atoms with E-state index in [1.54, 1.807) is 0 Å². The van der Waals surface area contributed by atoms with Crippen molar-refractivity contribution in [2.45, 2.75) is 19.1 Å². The van der Waals surface area contributed by atoms with Gasteiger partial charge in [-0.15, -0.1) is 0 Å². The van der Waals surface area contributed by atoms with E-state index < -0.39 is 42.2 Å². The third-order valence-corrected chi connectivity index (χ3v) is 1.05. The highest BCUT2D eigenvalue weighted by atomic mass is 16.4. The highest BCUT2D eigenvalue weighted by Gasteiger charge is 2.24. The van der Waals surface area contributed by atoms with Gasteiger partial charge in [-0.05, 0) is 19.1 Å². The summed E-state index contributed by atoms with van der Waals surface area (Å²) in [5, 5.41) is 17.5. The maximum Gasteiger partial charge on any atom is 0.332 e. The van der Waals surface area contributed by atoms with Crippen molar-refractivity contribution in [3.8, 4) is 0 Å². The summed E-state index contributed by atoms with van der Waals surface area (Å²) in [6.07, 6.45) is -9.73. The Morgan fingerprint density at radius 3 is 1.82 bits per heavy atom. The summed E-state index contributed by atoms with van der Waals surface area (Å²) in [6, 6.07) is 0. The van der Waals surface area contributed by atoms with Crippen molar-refractivity contribution in [3.05, 3.63) is 11.1 Å². The molecule has 0 heterocycles. The lowest BCUT2D eigenvalue weighted by Gasteiger charge is -1.95. The molecule has 0 aliphatic heterocycles. The monoisotopic (exact) mass is 162 g/mol. The quantitative estimate of drug-likeness (QED) is 0.624. The van der Waals surface area contributed by atoms with E-state index in [0.717, 1.165) is 0 Å². The van der Waals surface area contributed by atoms with Crippen molar-refractivity contribution in [2.24, 2.45) is 0 Å². The molecule has 0 unspecified atom stereocenters. The van der Waals surface area contributed by atoms with Crippen LogP contribution in [0, 0.1) is 0 Å². The van der Waals surface area contributed by atoms with Crippen LogP contribution in [0.5, 0.6) is 0 Å². The first kappa shape index (κ1) is 2.97. The van der Waals surface area contributed by atoms with E-state index in [2.05, 4.69) is 0 Å². The maximum atomic E-state index is 10.8. The summed E-state index contributed by atoms with van der Waals surface area (Å²) in [5.74, 6) is -3.98. The molecule has 0 aromatic rings. The van der Waals surface area contributed by atoms with Gasteiger partial charge in [0.15, 0.2) is 0 Å². The molecule has 0 atom stereocenters. The Labute approximate surface area is 71.6 Å². The van der Waals surface area contributed by atoms with E-state index in [9.17, 15) is 9.59 Å². The minimum Gasteiger partial charge on any atom is -0.478 e. The molecule has 0 spiro atoms. The lowest BCUT2D eigenvalue weighted by atomic mass is 10.1. The van der Waals surface area contributed by atoms with Gasteiger partial charge < -0.3 is 10.2 Å². The lowest BCUT2D eigenvalue weighted by molar-refractivity contribution is -0.135. The fraction of sp³-hybridized carbons (Fsp3) is 0.429. The van der Waals surface area contributed by atoms with Crippen LogP contribution in [0.15, 0.2) is 11.1 Å². The Morgan fingerprint density at radius 1 is 1.18 bits per heavy atom. The van der Waals surface area contributed by atoms with E-state index in [0.29, 0.717) is 0 Å². The lowest BCUT2D eigenvalue weighted by Crippen LogP contribution is -2.06. The molecule has 2 N–H and O–H groups in total. The van der Waals surface area contributed by atoms with Crippen LogP contribution < -0.4 is 0 Å². The normalized spacial score (nSPS) is 38.9. The van der Waals surface area contributed by atoms with Crippen LogP contribution in [0.1, 0.15) is 27.3 Å². The van der Waals surface area contributed by atoms with Gasteiger partial charge in [0.05, 0.1) is 0 Å². The topological polar surface area (TPSA) is 74.6 Å². The molecule has 4 heteroatoms. The first-order valence-corrected chi connectivity index (χ1v) is 2.61. The second-order valence-electron chi connectivity index (χ2n) is 1.74. The van der Waals surface area contributed by atoms with Crippen LogP contribution in [0.4, 0.5) is 0 Å². The van der Waals surface area contributed by atoms with Gasteiger partial charge in [0.1, 0.15) is 0 Å². The van der Waals surface area contributed by atoms with Crippen LogP contribution >= 0.6 is 0 Å². The van der Waals surface area contributed by atoms with Gasteiger partial charge in [-0.1, -0.05) is 0 Å². The number of hydrogen-bond donors (Lipinski definition) is 2. The Morgan fingerprint density at radius 2 is 1.55 bits per heavy atom. The molecular weight excluding hydrogens is 148 g/mol. The van der Waals surface area contributed by atoms with Gasteiger partial charge in [0.25, 0.3) is 0 Å². The van der Waals surface area contributed by atoms with Crippen molar-refractivity contribution < 1.29 is 28.0 Å². The molecule has 0 aromatic carbocycles. The zero-order valence-corrected chi connectivity index (χ0v) is 5.21. The van der Waals surface area contributed by atoms with E-state index >= 15 is 0 Å². The average molecular weight is 162 g/mol. The number of rotatable bonds is 2. The van der Waals surface area contributed by atoms with E-state index in [1.807, 2.05) is 0 Å². The Balaban J connectivity index is 3.71. The number of hydrogen-bond acceptors (Lipinski definition) is 2. The second-order valence-corrected chi connectivity index (χ2v) is 1.74. The second kappa shape index (κ2) is 2.74. The van der Waals surface area contributed by atoms with Crippen LogP contribution in [0.25, 0.3) is 0 Å². The minimum absolute atomic E-state index is 1.39. The van der Waals surface area contributed by atoms with Gasteiger partial charge in [-0.2, -0.15) is 0 Å². The van der Waals surface area contributed by atoms with Gasteiger partial charge in [0.2, 0.25) is 0 Å². The number of carboxylic acids is 2. The molecule has 4 nitrogen and oxygen atoms in total. The molecule has 60 valence electrons. The predicted molar refractivity (Wildman–Crippen MR) is 36.1 cm³/mol. The summed E-state index contributed by atoms with van der Waals surface area (Å²) >= 11 is 0. The molecule has 11 heavy (non-hydrogen) atoms. The Hall–Kier alpha value is -1.32. The fourth-order valence-corrected chi connectivity index (χ4v) is 0.602. The molecule has 0 saturated carbocycles. The van der Waals surface area contributed by atoms with Crippen molar-refractivity contribution in [2.75, 3.05) is 0 Å². The zero-order chi connectivity index (χ0) is 13.8. The molecule has 0 radical (unpaired) electrons. The molecule has 0 bridgehead atoms. The predicted octanol–water partition coefficient (Wildman–Crippen LogP) is 0.636.